The molecule has 1 unspecified atom stereocenters. The average Bonchev–Trinajstić information content (AvgIpc) is 2.77. The Morgan fingerprint density at radius 3 is 2.52 bits per heavy atom. The van der Waals surface area contributed by atoms with Gasteiger partial charge < -0.3 is 14.6 Å². The van der Waals surface area contributed by atoms with Crippen molar-refractivity contribution in [1.82, 2.24) is 15.4 Å². The summed E-state index contributed by atoms with van der Waals surface area (Å²) < 4.78 is 0. The number of pyridine rings is 1. The average molecular weight is 418 g/mol. The summed E-state index contributed by atoms with van der Waals surface area (Å²) in [5, 5.41) is 5.03. The van der Waals surface area contributed by atoms with Crippen molar-refractivity contribution < 1.29 is 9.68 Å². The normalized spacial score (nSPS) is 16.7. The highest BCUT2D eigenvalue weighted by Crippen LogP contribution is 2.18. The van der Waals surface area contributed by atoms with Crippen LogP contribution in [-0.4, -0.2) is 69.1 Å². The molecule has 0 spiro atoms. The molecule has 0 saturated carbocycles. The lowest BCUT2D eigenvalue weighted by Crippen LogP contribution is -2.50. The van der Waals surface area contributed by atoms with Gasteiger partial charge in [0.1, 0.15) is 12.9 Å². The fourth-order valence-electron chi connectivity index (χ4n) is 3.53. The van der Waals surface area contributed by atoms with Crippen LogP contribution in [0.3, 0.4) is 0 Å². The summed E-state index contributed by atoms with van der Waals surface area (Å²) in [6.07, 6.45) is 1.84. The van der Waals surface area contributed by atoms with Gasteiger partial charge in [0.05, 0.1) is 12.8 Å². The zero-order valence-electron chi connectivity index (χ0n) is 16.9. The molecule has 1 aromatic carbocycles. The highest BCUT2D eigenvalue weighted by Gasteiger charge is 2.25. The molecule has 1 atom stereocenters. The number of piperazine rings is 1. The minimum absolute atomic E-state index is 0.0949. The van der Waals surface area contributed by atoms with Gasteiger partial charge in [-0.15, -0.1) is 0 Å². The topological polar surface area (TPSA) is 62.2 Å². The molecular weight excluding hydrogens is 390 g/mol. The van der Waals surface area contributed by atoms with Crippen LogP contribution < -0.4 is 10.4 Å². The summed E-state index contributed by atoms with van der Waals surface area (Å²) >= 11 is 6.05. The van der Waals surface area contributed by atoms with Crippen molar-refractivity contribution in [1.29, 1.82) is 0 Å². The zero-order valence-corrected chi connectivity index (χ0v) is 17.7. The molecule has 0 amide bonds. The summed E-state index contributed by atoms with van der Waals surface area (Å²) in [4.78, 5) is 19.5. The van der Waals surface area contributed by atoms with Gasteiger partial charge in [0, 0.05) is 56.4 Å². The third-order valence-electron chi connectivity index (χ3n) is 5.01. The van der Waals surface area contributed by atoms with Gasteiger partial charge in [0.25, 0.3) is 0 Å². The first-order valence-corrected chi connectivity index (χ1v) is 10.1. The molecule has 0 bridgehead atoms. The van der Waals surface area contributed by atoms with Crippen LogP contribution in [0, 0.1) is 5.92 Å². The Morgan fingerprint density at radius 1 is 1.14 bits per heavy atom. The summed E-state index contributed by atoms with van der Waals surface area (Å²) in [6.45, 7) is 5.28. The number of anilines is 1. The zero-order chi connectivity index (χ0) is 20.5. The maximum absolute atomic E-state index is 6.05. The lowest BCUT2D eigenvalue weighted by atomic mass is 9.95. The van der Waals surface area contributed by atoms with E-state index in [0.29, 0.717) is 11.6 Å². The van der Waals surface area contributed by atoms with Crippen LogP contribution in [0.15, 0.2) is 53.8 Å². The minimum Gasteiger partial charge on any atom is -0.399 e. The van der Waals surface area contributed by atoms with Gasteiger partial charge >= 0.3 is 0 Å². The summed E-state index contributed by atoms with van der Waals surface area (Å²) in [5.41, 5.74) is 4.85. The molecule has 1 aliphatic heterocycles. The first-order valence-electron chi connectivity index (χ1n) is 9.72. The van der Waals surface area contributed by atoms with Crippen LogP contribution in [0.2, 0.25) is 5.02 Å². The molecular formula is C21H28ClN5O2. The number of benzene rings is 1. The largest absolute Gasteiger partial charge is 0.399 e. The first-order chi connectivity index (χ1) is 14.2. The molecule has 1 saturated heterocycles. The summed E-state index contributed by atoms with van der Waals surface area (Å²) in [7, 11) is 3.19. The third-order valence-corrected chi connectivity index (χ3v) is 5.27. The van der Waals surface area contributed by atoms with Crippen LogP contribution >= 0.6 is 11.6 Å². The van der Waals surface area contributed by atoms with Crippen molar-refractivity contribution in [2.45, 2.75) is 0 Å². The van der Waals surface area contributed by atoms with Gasteiger partial charge in [-0.25, -0.2) is 10.5 Å². The standard InChI is InChI=1S/C21H28ClN5O2/c1-28-24-15-18(21(25-29-2)17-6-8-19(22)9-7-17)16-26-11-13-27(14-12-26)20-5-3-4-10-23-20/h3-10,18,24H,11-16H2,1-2H3. The molecule has 1 N–H and O–H groups in total. The maximum atomic E-state index is 6.05. The van der Waals surface area contributed by atoms with Gasteiger partial charge in [-0.2, -0.15) is 0 Å². The predicted molar refractivity (Wildman–Crippen MR) is 116 cm³/mol. The quantitative estimate of drug-likeness (QED) is 0.500. The smallest absolute Gasteiger partial charge is 0.128 e. The number of hydrogen-bond acceptors (Lipinski definition) is 7. The second kappa shape index (κ2) is 11.1. The van der Waals surface area contributed by atoms with Gasteiger partial charge in [-0.05, 0) is 29.8 Å². The SMILES string of the molecule is CON=C(c1ccc(Cl)cc1)C(CNOC)CN1CCN(c2ccccn2)CC1. The van der Waals surface area contributed by atoms with Crippen molar-refractivity contribution in [3.05, 3.63) is 59.2 Å². The number of oxime groups is 1. The van der Waals surface area contributed by atoms with E-state index in [1.807, 2.05) is 42.6 Å². The lowest BCUT2D eigenvalue weighted by molar-refractivity contribution is 0.0804. The fraction of sp³-hybridized carbons (Fsp3) is 0.429. The minimum atomic E-state index is 0.0949. The van der Waals surface area contributed by atoms with Crippen molar-refractivity contribution >= 4 is 23.1 Å². The number of rotatable bonds is 9. The molecule has 1 fully saturated rings. The molecule has 2 heterocycles. The number of nitrogens with zero attached hydrogens (tertiary/aromatic N) is 4. The number of nitrogens with one attached hydrogen (secondary N) is 1. The summed E-state index contributed by atoms with van der Waals surface area (Å²) in [5.74, 6) is 1.13. The molecule has 0 aliphatic carbocycles. The van der Waals surface area contributed by atoms with E-state index < -0.39 is 0 Å². The van der Waals surface area contributed by atoms with Crippen molar-refractivity contribution in [3.8, 4) is 0 Å². The summed E-state index contributed by atoms with van der Waals surface area (Å²) in [6, 6.07) is 13.7. The van der Waals surface area contributed by atoms with E-state index in [2.05, 4.69) is 31.5 Å². The fourth-order valence-corrected chi connectivity index (χ4v) is 3.65. The first kappa shape index (κ1) is 21.5. The van der Waals surface area contributed by atoms with E-state index in [-0.39, 0.29) is 5.92 Å². The molecule has 1 aliphatic rings. The third kappa shape index (κ3) is 6.14. The number of aromatic nitrogens is 1. The van der Waals surface area contributed by atoms with Crippen molar-refractivity contribution in [2.24, 2.45) is 11.1 Å². The van der Waals surface area contributed by atoms with E-state index in [4.69, 9.17) is 21.3 Å². The van der Waals surface area contributed by atoms with Crippen molar-refractivity contribution in [3.63, 3.8) is 0 Å². The Balaban J connectivity index is 1.68. The Hall–Kier alpha value is -2.19. The Kier molecular flexibility index (Phi) is 8.25. The van der Waals surface area contributed by atoms with E-state index in [1.165, 1.54) is 0 Å². The molecule has 1 aromatic heterocycles. The molecule has 8 heteroatoms. The van der Waals surface area contributed by atoms with Crippen LogP contribution in [-0.2, 0) is 9.68 Å². The van der Waals surface area contributed by atoms with E-state index >= 15 is 0 Å². The molecule has 3 rings (SSSR count). The van der Waals surface area contributed by atoms with Crippen LogP contribution in [0.5, 0.6) is 0 Å². The molecule has 7 nitrogen and oxygen atoms in total. The molecule has 2 aromatic rings. The number of hydrogen-bond donors (Lipinski definition) is 1. The van der Waals surface area contributed by atoms with Crippen molar-refractivity contribution in [2.75, 3.05) is 58.4 Å². The predicted octanol–water partition coefficient (Wildman–Crippen LogP) is 2.67. The van der Waals surface area contributed by atoms with Gasteiger partial charge in [-0.3, -0.25) is 4.90 Å². The highest BCUT2D eigenvalue weighted by molar-refractivity contribution is 6.30. The van der Waals surface area contributed by atoms with Crippen LogP contribution in [0.4, 0.5) is 5.82 Å². The van der Waals surface area contributed by atoms with E-state index in [0.717, 1.165) is 49.8 Å². The van der Waals surface area contributed by atoms with E-state index in [9.17, 15) is 0 Å². The number of hydroxylamine groups is 1. The molecule has 156 valence electrons. The Labute approximate surface area is 177 Å². The van der Waals surface area contributed by atoms with E-state index in [1.54, 1.807) is 14.2 Å². The molecule has 29 heavy (non-hydrogen) atoms. The molecule has 0 radical (unpaired) electrons. The second-order valence-electron chi connectivity index (χ2n) is 6.89. The second-order valence-corrected chi connectivity index (χ2v) is 7.33. The number of halogens is 1. The highest BCUT2D eigenvalue weighted by atomic mass is 35.5. The Morgan fingerprint density at radius 2 is 1.90 bits per heavy atom. The van der Waals surface area contributed by atoms with Crippen LogP contribution in [0.1, 0.15) is 5.56 Å². The lowest BCUT2D eigenvalue weighted by Gasteiger charge is -2.37. The van der Waals surface area contributed by atoms with Gasteiger partial charge in [-0.1, -0.05) is 35.0 Å². The Bertz CT molecular complexity index is 764. The monoisotopic (exact) mass is 417 g/mol. The van der Waals surface area contributed by atoms with Gasteiger partial charge in [0.2, 0.25) is 0 Å². The maximum Gasteiger partial charge on any atom is 0.128 e. The van der Waals surface area contributed by atoms with Gasteiger partial charge in [0.15, 0.2) is 0 Å². The van der Waals surface area contributed by atoms with Crippen LogP contribution in [0.25, 0.3) is 0 Å².